The van der Waals surface area contributed by atoms with Crippen molar-refractivity contribution in [3.8, 4) is 11.1 Å². The summed E-state index contributed by atoms with van der Waals surface area (Å²) in [6.45, 7) is 1.29. The topological polar surface area (TPSA) is 40.5 Å². The lowest BCUT2D eigenvalue weighted by atomic mass is 10.0. The van der Waals surface area contributed by atoms with Gasteiger partial charge < -0.3 is 10.0 Å². The minimum atomic E-state index is -0.254. The Morgan fingerprint density at radius 2 is 1.73 bits per heavy atom. The summed E-state index contributed by atoms with van der Waals surface area (Å²) in [5.41, 5.74) is 5.83. The van der Waals surface area contributed by atoms with Crippen molar-refractivity contribution in [3.63, 3.8) is 0 Å². The number of nitrogens with zero attached hydrogens (tertiary/aromatic N) is 1. The van der Waals surface area contributed by atoms with Crippen LogP contribution in [0.2, 0.25) is 0 Å². The first-order chi connectivity index (χ1) is 10.7. The Hall–Kier alpha value is -2.13. The summed E-state index contributed by atoms with van der Waals surface area (Å²) in [4.78, 5) is 14.5. The second kappa shape index (κ2) is 5.25. The molecule has 4 rings (SSSR count). The van der Waals surface area contributed by atoms with Crippen LogP contribution in [-0.4, -0.2) is 35.1 Å². The summed E-state index contributed by atoms with van der Waals surface area (Å²) in [6.07, 6.45) is 2.06. The van der Waals surface area contributed by atoms with Gasteiger partial charge in [0.05, 0.1) is 6.10 Å². The fourth-order valence-corrected chi connectivity index (χ4v) is 3.51. The van der Waals surface area contributed by atoms with E-state index >= 15 is 0 Å². The van der Waals surface area contributed by atoms with Crippen molar-refractivity contribution in [3.05, 3.63) is 59.2 Å². The van der Waals surface area contributed by atoms with Gasteiger partial charge in [0, 0.05) is 18.7 Å². The van der Waals surface area contributed by atoms with E-state index in [0.29, 0.717) is 25.9 Å². The monoisotopic (exact) mass is 293 g/mol. The van der Waals surface area contributed by atoms with E-state index in [-0.39, 0.29) is 12.0 Å². The number of carbonyl (C=O) groups excluding carboxylic acids is 1. The van der Waals surface area contributed by atoms with Gasteiger partial charge in [0.25, 0.3) is 5.91 Å². The van der Waals surface area contributed by atoms with Crippen LogP contribution < -0.4 is 0 Å². The third-order valence-corrected chi connectivity index (χ3v) is 4.80. The van der Waals surface area contributed by atoms with Crippen LogP contribution in [0, 0.1) is 0 Å². The number of amides is 1. The van der Waals surface area contributed by atoms with Gasteiger partial charge in [0.1, 0.15) is 0 Å². The lowest BCUT2D eigenvalue weighted by molar-refractivity contribution is 0.0546. The molecule has 3 heteroatoms. The Balaban J connectivity index is 1.64. The normalized spacial score (nSPS) is 17.2. The largest absolute Gasteiger partial charge is 0.393 e. The molecule has 0 spiro atoms. The molecule has 3 nitrogen and oxygen atoms in total. The van der Waals surface area contributed by atoms with Crippen LogP contribution in [0.15, 0.2) is 42.5 Å². The molecular weight excluding hydrogens is 274 g/mol. The van der Waals surface area contributed by atoms with Crippen LogP contribution in [-0.2, 0) is 6.42 Å². The van der Waals surface area contributed by atoms with Crippen LogP contribution in [0.25, 0.3) is 11.1 Å². The predicted molar refractivity (Wildman–Crippen MR) is 85.8 cm³/mol. The Morgan fingerprint density at radius 1 is 1.00 bits per heavy atom. The van der Waals surface area contributed by atoms with Gasteiger partial charge in [-0.25, -0.2) is 0 Å². The average Bonchev–Trinajstić information content (AvgIpc) is 2.92. The van der Waals surface area contributed by atoms with Crippen molar-refractivity contribution in [1.82, 2.24) is 4.90 Å². The number of likely N-dealkylation sites (tertiary alicyclic amines) is 1. The summed E-state index contributed by atoms with van der Waals surface area (Å²) in [6, 6.07) is 14.5. The minimum absolute atomic E-state index is 0.0825. The number of benzene rings is 2. The van der Waals surface area contributed by atoms with Crippen molar-refractivity contribution in [1.29, 1.82) is 0 Å². The summed E-state index contributed by atoms with van der Waals surface area (Å²) in [7, 11) is 0. The zero-order valence-electron chi connectivity index (χ0n) is 12.5. The number of aliphatic hydroxyl groups excluding tert-OH is 1. The molecule has 1 fully saturated rings. The van der Waals surface area contributed by atoms with E-state index in [1.54, 1.807) is 0 Å². The molecule has 2 aromatic rings. The number of aliphatic hydroxyl groups is 1. The van der Waals surface area contributed by atoms with Crippen molar-refractivity contribution < 1.29 is 9.90 Å². The van der Waals surface area contributed by atoms with Gasteiger partial charge in [0.15, 0.2) is 0 Å². The molecule has 22 heavy (non-hydrogen) atoms. The molecule has 0 saturated carbocycles. The van der Waals surface area contributed by atoms with Gasteiger partial charge in [-0.2, -0.15) is 0 Å². The van der Waals surface area contributed by atoms with Gasteiger partial charge in [-0.05, 0) is 53.6 Å². The second-order valence-corrected chi connectivity index (χ2v) is 6.23. The maximum Gasteiger partial charge on any atom is 0.253 e. The first-order valence-corrected chi connectivity index (χ1v) is 7.91. The predicted octanol–water partition coefficient (Wildman–Crippen LogP) is 2.85. The van der Waals surface area contributed by atoms with Crippen molar-refractivity contribution in [2.24, 2.45) is 0 Å². The zero-order chi connectivity index (χ0) is 15.1. The van der Waals surface area contributed by atoms with Gasteiger partial charge >= 0.3 is 0 Å². The Labute approximate surface area is 130 Å². The molecule has 1 aliphatic carbocycles. The van der Waals surface area contributed by atoms with E-state index < -0.39 is 0 Å². The third kappa shape index (κ3) is 2.22. The minimum Gasteiger partial charge on any atom is -0.393 e. The van der Waals surface area contributed by atoms with Crippen LogP contribution in [0.5, 0.6) is 0 Å². The molecule has 1 heterocycles. The molecule has 1 amide bonds. The van der Waals surface area contributed by atoms with E-state index in [1.165, 1.54) is 22.3 Å². The molecule has 2 aliphatic rings. The Morgan fingerprint density at radius 3 is 2.55 bits per heavy atom. The molecule has 1 aliphatic heterocycles. The highest BCUT2D eigenvalue weighted by molar-refractivity contribution is 5.96. The highest BCUT2D eigenvalue weighted by Crippen LogP contribution is 2.37. The lowest BCUT2D eigenvalue weighted by Gasteiger charge is -2.29. The molecule has 0 radical (unpaired) electrons. The highest BCUT2D eigenvalue weighted by atomic mass is 16.3. The average molecular weight is 293 g/mol. The molecule has 0 aromatic heterocycles. The number of fused-ring (bicyclic) bond motifs is 3. The number of piperidine rings is 1. The number of hydrogen-bond acceptors (Lipinski definition) is 2. The van der Waals surface area contributed by atoms with Crippen molar-refractivity contribution in [2.75, 3.05) is 13.1 Å². The quantitative estimate of drug-likeness (QED) is 0.749. The smallest absolute Gasteiger partial charge is 0.253 e. The van der Waals surface area contributed by atoms with Crippen LogP contribution in [0.4, 0.5) is 0 Å². The summed E-state index contributed by atoms with van der Waals surface area (Å²) >= 11 is 0. The maximum atomic E-state index is 12.7. The van der Waals surface area contributed by atoms with Crippen LogP contribution in [0.3, 0.4) is 0 Å². The SMILES string of the molecule is O=C(c1ccc2c(c1)-c1ccccc1C2)N1CCC(O)CC1. The van der Waals surface area contributed by atoms with E-state index in [1.807, 2.05) is 17.0 Å². The molecule has 1 N–H and O–H groups in total. The molecule has 112 valence electrons. The fraction of sp³-hybridized carbons (Fsp3) is 0.316. The maximum absolute atomic E-state index is 12.7. The van der Waals surface area contributed by atoms with E-state index in [9.17, 15) is 9.90 Å². The van der Waals surface area contributed by atoms with Gasteiger partial charge in [-0.3, -0.25) is 4.79 Å². The summed E-state index contributed by atoms with van der Waals surface area (Å²) in [5, 5.41) is 9.58. The van der Waals surface area contributed by atoms with E-state index in [0.717, 1.165) is 12.0 Å². The molecule has 1 saturated heterocycles. The van der Waals surface area contributed by atoms with Crippen molar-refractivity contribution in [2.45, 2.75) is 25.4 Å². The van der Waals surface area contributed by atoms with E-state index in [2.05, 4.69) is 30.3 Å². The van der Waals surface area contributed by atoms with Gasteiger partial charge in [0.2, 0.25) is 0 Å². The third-order valence-electron chi connectivity index (χ3n) is 4.80. The van der Waals surface area contributed by atoms with Crippen molar-refractivity contribution >= 4 is 5.91 Å². The van der Waals surface area contributed by atoms with Crippen LogP contribution in [0.1, 0.15) is 34.3 Å². The Bertz CT molecular complexity index is 730. The molecular formula is C19H19NO2. The summed E-state index contributed by atoms with van der Waals surface area (Å²) < 4.78 is 0. The first-order valence-electron chi connectivity index (χ1n) is 7.91. The molecule has 2 aromatic carbocycles. The summed E-state index contributed by atoms with van der Waals surface area (Å²) in [5.74, 6) is 0.0825. The van der Waals surface area contributed by atoms with Gasteiger partial charge in [-0.15, -0.1) is 0 Å². The number of carbonyl (C=O) groups is 1. The zero-order valence-corrected chi connectivity index (χ0v) is 12.5. The fourth-order valence-electron chi connectivity index (χ4n) is 3.51. The first kappa shape index (κ1) is 13.5. The number of hydrogen-bond donors (Lipinski definition) is 1. The van der Waals surface area contributed by atoms with Gasteiger partial charge in [-0.1, -0.05) is 30.3 Å². The highest BCUT2D eigenvalue weighted by Gasteiger charge is 2.24. The standard InChI is InChI=1S/C19H19NO2/c21-16-7-9-20(10-8-16)19(22)15-6-5-14-11-13-3-1-2-4-17(13)18(14)12-15/h1-6,12,16,21H,7-11H2. The Kier molecular flexibility index (Phi) is 3.23. The molecule has 0 atom stereocenters. The lowest BCUT2D eigenvalue weighted by Crippen LogP contribution is -2.40. The molecule has 0 unspecified atom stereocenters. The second-order valence-electron chi connectivity index (χ2n) is 6.23. The van der Waals surface area contributed by atoms with Crippen LogP contribution >= 0.6 is 0 Å². The van der Waals surface area contributed by atoms with E-state index in [4.69, 9.17) is 0 Å². The number of rotatable bonds is 1. The molecule has 0 bridgehead atoms.